The number of hydrogen-bond acceptors (Lipinski definition) is 3. The van der Waals surface area contributed by atoms with Gasteiger partial charge in [0.2, 0.25) is 5.91 Å². The van der Waals surface area contributed by atoms with Crippen molar-refractivity contribution >= 4 is 11.6 Å². The molecule has 2 aliphatic rings. The molecule has 1 heterocycles. The van der Waals surface area contributed by atoms with Crippen molar-refractivity contribution in [3.63, 3.8) is 0 Å². The van der Waals surface area contributed by atoms with Gasteiger partial charge in [-0.05, 0) is 48.2 Å². The van der Waals surface area contributed by atoms with Crippen molar-refractivity contribution in [3.8, 4) is 0 Å². The van der Waals surface area contributed by atoms with Crippen LogP contribution in [0.3, 0.4) is 0 Å². The van der Waals surface area contributed by atoms with Crippen molar-refractivity contribution in [2.45, 2.75) is 31.9 Å². The van der Waals surface area contributed by atoms with E-state index in [9.17, 15) is 13.6 Å². The van der Waals surface area contributed by atoms with Crippen LogP contribution in [0.4, 0.5) is 8.78 Å². The first-order valence-corrected chi connectivity index (χ1v) is 9.10. The van der Waals surface area contributed by atoms with Crippen LogP contribution < -0.4 is 0 Å². The van der Waals surface area contributed by atoms with E-state index in [0.29, 0.717) is 19.5 Å². The number of carbonyl (C=O) groups excluding carboxylic acids is 1. The smallest absolute Gasteiger partial charge is 0.226 e. The van der Waals surface area contributed by atoms with Crippen LogP contribution in [0.5, 0.6) is 0 Å². The minimum atomic E-state index is -0.296. The molecule has 27 heavy (non-hydrogen) atoms. The van der Waals surface area contributed by atoms with E-state index in [-0.39, 0.29) is 29.6 Å². The molecule has 1 aliphatic heterocycles. The molecular weight excluding hydrogens is 350 g/mol. The van der Waals surface area contributed by atoms with Gasteiger partial charge in [-0.3, -0.25) is 4.79 Å². The van der Waals surface area contributed by atoms with Gasteiger partial charge in [0.05, 0.1) is 12.3 Å². The van der Waals surface area contributed by atoms with Crippen LogP contribution in [0.2, 0.25) is 0 Å². The Morgan fingerprint density at radius 2 is 1.67 bits per heavy atom. The predicted octanol–water partition coefficient (Wildman–Crippen LogP) is 3.90. The van der Waals surface area contributed by atoms with Crippen LogP contribution in [0.25, 0.3) is 0 Å². The lowest BCUT2D eigenvalue weighted by Crippen LogP contribution is -2.38. The quantitative estimate of drug-likeness (QED) is 0.774. The van der Waals surface area contributed by atoms with Crippen molar-refractivity contribution in [1.29, 1.82) is 0 Å². The maximum absolute atomic E-state index is 13.1. The van der Waals surface area contributed by atoms with Gasteiger partial charge >= 0.3 is 0 Å². The van der Waals surface area contributed by atoms with Gasteiger partial charge in [-0.2, -0.15) is 0 Å². The number of amides is 1. The van der Waals surface area contributed by atoms with Gasteiger partial charge in [0, 0.05) is 18.9 Å². The summed E-state index contributed by atoms with van der Waals surface area (Å²) in [7, 11) is 0. The van der Waals surface area contributed by atoms with Crippen molar-refractivity contribution in [2.75, 3.05) is 6.54 Å². The number of oxime groups is 1. The number of rotatable bonds is 6. The molecule has 2 aromatic rings. The van der Waals surface area contributed by atoms with Crippen LogP contribution >= 0.6 is 0 Å². The van der Waals surface area contributed by atoms with Gasteiger partial charge in [0.25, 0.3) is 0 Å². The molecule has 0 N–H and O–H groups in total. The lowest BCUT2D eigenvalue weighted by atomic mass is 10.0. The summed E-state index contributed by atoms with van der Waals surface area (Å²) in [5.74, 6) is -0.395. The fraction of sp³-hybridized carbons (Fsp3) is 0.333. The Labute approximate surface area is 156 Å². The Morgan fingerprint density at radius 3 is 2.30 bits per heavy atom. The molecule has 140 valence electrons. The maximum atomic E-state index is 13.1. The lowest BCUT2D eigenvalue weighted by molar-refractivity contribution is -0.135. The third-order valence-corrected chi connectivity index (χ3v) is 4.86. The molecule has 0 unspecified atom stereocenters. The first kappa shape index (κ1) is 17.6. The average molecular weight is 370 g/mol. The highest BCUT2D eigenvalue weighted by atomic mass is 19.1. The second-order valence-corrected chi connectivity index (χ2v) is 7.10. The Hall–Kier alpha value is -2.76. The molecule has 1 fully saturated rings. The summed E-state index contributed by atoms with van der Waals surface area (Å²) in [6.07, 6.45) is 2.15. The molecule has 1 aliphatic carbocycles. The third-order valence-electron chi connectivity index (χ3n) is 4.86. The normalized spacial score (nSPS) is 18.7. The molecule has 4 nitrogen and oxygen atoms in total. The molecule has 0 spiro atoms. The Bertz CT molecular complexity index is 845. The molecular formula is C21H20F2N2O2. The van der Waals surface area contributed by atoms with E-state index in [4.69, 9.17) is 4.84 Å². The van der Waals surface area contributed by atoms with Gasteiger partial charge in [0.15, 0.2) is 6.10 Å². The van der Waals surface area contributed by atoms with E-state index in [1.807, 2.05) is 0 Å². The van der Waals surface area contributed by atoms with Crippen LogP contribution in [-0.4, -0.2) is 29.2 Å². The largest absolute Gasteiger partial charge is 0.390 e. The van der Waals surface area contributed by atoms with Crippen molar-refractivity contribution in [2.24, 2.45) is 11.1 Å². The molecule has 4 rings (SSSR count). The number of halogens is 2. The third kappa shape index (κ3) is 4.32. The molecule has 0 bridgehead atoms. The summed E-state index contributed by atoms with van der Waals surface area (Å²) in [5.41, 5.74) is 2.45. The minimum Gasteiger partial charge on any atom is -0.390 e. The van der Waals surface area contributed by atoms with Crippen molar-refractivity contribution in [1.82, 2.24) is 4.90 Å². The van der Waals surface area contributed by atoms with Crippen LogP contribution in [0.1, 0.15) is 30.4 Å². The fourth-order valence-corrected chi connectivity index (χ4v) is 3.22. The van der Waals surface area contributed by atoms with E-state index < -0.39 is 0 Å². The number of hydrogen-bond donors (Lipinski definition) is 0. The Balaban J connectivity index is 1.42. The second kappa shape index (κ2) is 7.47. The van der Waals surface area contributed by atoms with Gasteiger partial charge < -0.3 is 9.74 Å². The van der Waals surface area contributed by atoms with Gasteiger partial charge in [-0.1, -0.05) is 29.4 Å². The van der Waals surface area contributed by atoms with E-state index in [1.54, 1.807) is 29.2 Å². The Morgan fingerprint density at radius 1 is 1.04 bits per heavy atom. The van der Waals surface area contributed by atoms with E-state index in [1.165, 1.54) is 24.3 Å². The molecule has 1 atom stereocenters. The highest BCUT2D eigenvalue weighted by Gasteiger charge is 2.35. The van der Waals surface area contributed by atoms with E-state index in [2.05, 4.69) is 5.16 Å². The summed E-state index contributed by atoms with van der Waals surface area (Å²) in [5, 5.41) is 4.12. The zero-order valence-electron chi connectivity index (χ0n) is 14.8. The highest BCUT2D eigenvalue weighted by molar-refractivity contribution is 6.01. The molecule has 0 radical (unpaired) electrons. The highest BCUT2D eigenvalue weighted by Crippen LogP contribution is 2.32. The number of nitrogens with zero attached hydrogens (tertiary/aromatic N) is 2. The predicted molar refractivity (Wildman–Crippen MR) is 97.0 cm³/mol. The molecule has 1 saturated carbocycles. The van der Waals surface area contributed by atoms with E-state index in [0.717, 1.165) is 29.7 Å². The Kier molecular flexibility index (Phi) is 4.88. The summed E-state index contributed by atoms with van der Waals surface area (Å²) in [6.45, 7) is 0.836. The summed E-state index contributed by atoms with van der Waals surface area (Å²) >= 11 is 0. The average Bonchev–Trinajstić information content (AvgIpc) is 3.42. The molecule has 2 aromatic carbocycles. The SMILES string of the molecule is O=C(C1CC1)N(Cc1ccc(F)cc1)C[C@H]1CC(c2ccc(F)cc2)=NO1. The summed E-state index contributed by atoms with van der Waals surface area (Å²) in [6, 6.07) is 12.3. The van der Waals surface area contributed by atoms with Crippen LogP contribution in [0, 0.1) is 17.6 Å². The fourth-order valence-electron chi connectivity index (χ4n) is 3.22. The summed E-state index contributed by atoms with van der Waals surface area (Å²) in [4.78, 5) is 20.0. The summed E-state index contributed by atoms with van der Waals surface area (Å²) < 4.78 is 26.2. The zero-order valence-corrected chi connectivity index (χ0v) is 14.8. The zero-order chi connectivity index (χ0) is 18.8. The molecule has 0 aromatic heterocycles. The van der Waals surface area contributed by atoms with Gasteiger partial charge in [-0.25, -0.2) is 8.78 Å². The second-order valence-electron chi connectivity index (χ2n) is 7.10. The van der Waals surface area contributed by atoms with Crippen molar-refractivity contribution < 1.29 is 18.4 Å². The molecule has 1 amide bonds. The monoisotopic (exact) mass is 370 g/mol. The van der Waals surface area contributed by atoms with Gasteiger partial charge in [0.1, 0.15) is 11.6 Å². The standard InChI is InChI=1S/C21H20F2N2O2/c22-17-7-1-14(2-8-17)12-25(21(26)16-3-4-16)13-19-11-20(24-27-19)15-5-9-18(23)10-6-15/h1-2,5-10,16,19H,3-4,11-13H2/t19-/m1/s1. The van der Waals surface area contributed by atoms with Crippen LogP contribution in [-0.2, 0) is 16.2 Å². The first-order valence-electron chi connectivity index (χ1n) is 9.10. The van der Waals surface area contributed by atoms with E-state index >= 15 is 0 Å². The number of benzene rings is 2. The topological polar surface area (TPSA) is 41.9 Å². The number of carbonyl (C=O) groups is 1. The van der Waals surface area contributed by atoms with Gasteiger partial charge in [-0.15, -0.1) is 0 Å². The van der Waals surface area contributed by atoms with Crippen LogP contribution in [0.15, 0.2) is 53.7 Å². The lowest BCUT2D eigenvalue weighted by Gasteiger charge is -2.25. The molecule has 0 saturated heterocycles. The first-order chi connectivity index (χ1) is 13.1. The maximum Gasteiger partial charge on any atom is 0.226 e. The molecule has 6 heteroatoms. The minimum absolute atomic E-state index is 0.0874. The van der Waals surface area contributed by atoms with Crippen molar-refractivity contribution in [3.05, 3.63) is 71.3 Å².